The molecule has 2 heterocycles. The summed E-state index contributed by atoms with van der Waals surface area (Å²) in [5.74, 6) is 2.74. The van der Waals surface area contributed by atoms with Crippen molar-refractivity contribution in [2.24, 2.45) is 5.41 Å². The maximum absolute atomic E-state index is 16.7. The lowest BCUT2D eigenvalue weighted by Crippen LogP contribution is -2.28. The molecule has 1 fully saturated rings. The van der Waals surface area contributed by atoms with Crippen LogP contribution >= 0.6 is 0 Å². The Morgan fingerprint density at radius 2 is 1.82 bits per heavy atom. The van der Waals surface area contributed by atoms with Crippen molar-refractivity contribution in [3.8, 4) is 41.2 Å². The molecule has 1 aliphatic rings. The van der Waals surface area contributed by atoms with Crippen molar-refractivity contribution in [3.05, 3.63) is 83.8 Å². The molecule has 6 rings (SSSR count). The number of benzene rings is 3. The summed E-state index contributed by atoms with van der Waals surface area (Å²) in [4.78, 5) is 15.8. The van der Waals surface area contributed by atoms with E-state index in [4.69, 9.17) is 25.4 Å². The van der Waals surface area contributed by atoms with Gasteiger partial charge in [-0.3, -0.25) is 4.98 Å². The first-order valence-corrected chi connectivity index (χ1v) is 14.4. The summed E-state index contributed by atoms with van der Waals surface area (Å²) in [6, 6.07) is 18.8. The molecule has 9 heteroatoms. The van der Waals surface area contributed by atoms with E-state index in [1.807, 2.05) is 68.7 Å². The summed E-state index contributed by atoms with van der Waals surface area (Å²) >= 11 is 0. The van der Waals surface area contributed by atoms with E-state index in [2.05, 4.69) is 25.8 Å². The molecule has 224 valence electrons. The minimum atomic E-state index is -0.647. The number of fused-ring (bicyclic) bond motifs is 2. The molecule has 0 spiro atoms. The summed E-state index contributed by atoms with van der Waals surface area (Å²) in [5.41, 5.74) is 2.15. The van der Waals surface area contributed by atoms with Crippen LogP contribution < -0.4 is 14.2 Å². The van der Waals surface area contributed by atoms with E-state index in [0.717, 1.165) is 30.3 Å². The smallest absolute Gasteiger partial charge is 0.320 e. The maximum Gasteiger partial charge on any atom is 0.320 e. The van der Waals surface area contributed by atoms with Gasteiger partial charge in [0.2, 0.25) is 5.88 Å². The number of nitrogens with zero attached hydrogens (tertiary/aromatic N) is 4. The summed E-state index contributed by atoms with van der Waals surface area (Å²) in [6.07, 6.45) is 9.48. The molecule has 0 bridgehead atoms. The molecular weight excluding hydrogens is 559 g/mol. The number of hydrogen-bond acceptors (Lipinski definition) is 8. The van der Waals surface area contributed by atoms with Crippen molar-refractivity contribution in [2.75, 3.05) is 41.1 Å². The van der Waals surface area contributed by atoms with Crippen LogP contribution in [0, 0.1) is 23.6 Å². The Morgan fingerprint density at radius 1 is 1.00 bits per heavy atom. The lowest BCUT2D eigenvalue weighted by Gasteiger charge is -2.20. The molecule has 8 nitrogen and oxygen atoms in total. The molecule has 0 radical (unpaired) electrons. The SMILES string of the molecule is C#Cc1cccc2cc(OCOC)cc(-c3ncc4c(OCc5ccccc5)nc(OCC5(CN(C)C)CC5)nc4c3F)c12. The Labute approximate surface area is 255 Å². The zero-order chi connectivity index (χ0) is 30.7. The highest BCUT2D eigenvalue weighted by Gasteiger charge is 2.44. The normalized spacial score (nSPS) is 13.6. The maximum atomic E-state index is 16.7. The Morgan fingerprint density at radius 3 is 2.55 bits per heavy atom. The third kappa shape index (κ3) is 6.13. The monoisotopic (exact) mass is 592 g/mol. The van der Waals surface area contributed by atoms with Crippen molar-refractivity contribution in [1.29, 1.82) is 0 Å². The van der Waals surface area contributed by atoms with Gasteiger partial charge in [-0.25, -0.2) is 4.39 Å². The molecule has 2 aromatic heterocycles. The van der Waals surface area contributed by atoms with Crippen molar-refractivity contribution < 1.29 is 23.3 Å². The van der Waals surface area contributed by atoms with Crippen LogP contribution in [0.1, 0.15) is 24.0 Å². The third-order valence-electron chi connectivity index (χ3n) is 7.67. The van der Waals surface area contributed by atoms with Gasteiger partial charge in [-0.1, -0.05) is 48.4 Å². The average Bonchev–Trinajstić information content (AvgIpc) is 3.80. The first-order valence-electron chi connectivity index (χ1n) is 14.4. The van der Waals surface area contributed by atoms with Gasteiger partial charge in [-0.05, 0) is 56.1 Å². The number of rotatable bonds is 12. The minimum absolute atomic E-state index is 0.0265. The predicted molar refractivity (Wildman–Crippen MR) is 167 cm³/mol. The van der Waals surface area contributed by atoms with Gasteiger partial charge in [-0.15, -0.1) is 6.42 Å². The number of halogens is 1. The molecule has 1 saturated carbocycles. The van der Waals surface area contributed by atoms with Crippen molar-refractivity contribution in [2.45, 2.75) is 19.4 Å². The minimum Gasteiger partial charge on any atom is -0.472 e. The van der Waals surface area contributed by atoms with Gasteiger partial charge < -0.3 is 23.8 Å². The molecule has 44 heavy (non-hydrogen) atoms. The molecule has 0 atom stereocenters. The fourth-order valence-electron chi connectivity index (χ4n) is 5.43. The lowest BCUT2D eigenvalue weighted by atomic mass is 9.96. The zero-order valence-corrected chi connectivity index (χ0v) is 25.0. The van der Waals surface area contributed by atoms with Crippen LogP contribution in [0.3, 0.4) is 0 Å². The Hall–Kier alpha value is -4.78. The van der Waals surface area contributed by atoms with Gasteiger partial charge in [0.25, 0.3) is 0 Å². The number of terminal acetylenes is 1. The molecule has 0 N–H and O–H groups in total. The van der Waals surface area contributed by atoms with Crippen molar-refractivity contribution >= 4 is 21.7 Å². The van der Waals surface area contributed by atoms with Crippen LogP contribution in [-0.4, -0.2) is 61.0 Å². The van der Waals surface area contributed by atoms with Gasteiger partial charge in [0.05, 0.1) is 12.0 Å². The second kappa shape index (κ2) is 12.4. The molecule has 1 aliphatic carbocycles. The highest BCUT2D eigenvalue weighted by molar-refractivity contribution is 6.02. The molecule has 0 unspecified atom stereocenters. The molecular formula is C35H33FN4O4. The zero-order valence-electron chi connectivity index (χ0n) is 25.0. The summed E-state index contributed by atoms with van der Waals surface area (Å²) < 4.78 is 39.8. The Kier molecular flexibility index (Phi) is 8.29. The number of ether oxygens (including phenoxy) is 4. The molecule has 0 amide bonds. The van der Waals surface area contributed by atoms with Crippen LogP contribution in [0.4, 0.5) is 4.39 Å². The molecule has 0 saturated heterocycles. The Balaban J connectivity index is 1.47. The van der Waals surface area contributed by atoms with E-state index in [0.29, 0.717) is 34.3 Å². The number of hydrogen-bond donors (Lipinski definition) is 0. The molecule has 3 aromatic carbocycles. The highest BCUT2D eigenvalue weighted by atomic mass is 19.1. The third-order valence-corrected chi connectivity index (χ3v) is 7.67. The lowest BCUT2D eigenvalue weighted by molar-refractivity contribution is 0.0512. The first kappa shape index (κ1) is 29.3. The van der Waals surface area contributed by atoms with E-state index in [9.17, 15) is 0 Å². The van der Waals surface area contributed by atoms with Gasteiger partial charge >= 0.3 is 6.01 Å². The fourth-order valence-corrected chi connectivity index (χ4v) is 5.43. The van der Waals surface area contributed by atoms with Gasteiger partial charge in [-0.2, -0.15) is 9.97 Å². The van der Waals surface area contributed by atoms with Crippen LogP contribution in [0.15, 0.2) is 66.9 Å². The summed E-state index contributed by atoms with van der Waals surface area (Å²) in [6.45, 7) is 1.56. The van der Waals surface area contributed by atoms with Crippen LogP contribution in [0.25, 0.3) is 32.9 Å². The van der Waals surface area contributed by atoms with E-state index in [1.165, 1.54) is 13.3 Å². The van der Waals surface area contributed by atoms with Crippen LogP contribution in [0.2, 0.25) is 0 Å². The first-order chi connectivity index (χ1) is 21.4. The summed E-state index contributed by atoms with van der Waals surface area (Å²) in [7, 11) is 5.61. The number of methoxy groups -OCH3 is 1. The Bertz CT molecular complexity index is 1850. The topological polar surface area (TPSA) is 78.8 Å². The molecule has 5 aromatic rings. The number of pyridine rings is 1. The van der Waals surface area contributed by atoms with E-state index in [1.54, 1.807) is 6.07 Å². The second-order valence-corrected chi connectivity index (χ2v) is 11.4. The van der Waals surface area contributed by atoms with Gasteiger partial charge in [0, 0.05) is 41.8 Å². The van der Waals surface area contributed by atoms with Gasteiger partial charge in [0.1, 0.15) is 23.6 Å². The van der Waals surface area contributed by atoms with Crippen LogP contribution in [-0.2, 0) is 11.3 Å². The number of aromatic nitrogens is 3. The largest absolute Gasteiger partial charge is 0.472 e. The van der Waals surface area contributed by atoms with Crippen LogP contribution in [0.5, 0.6) is 17.6 Å². The van der Waals surface area contributed by atoms with E-state index < -0.39 is 5.82 Å². The van der Waals surface area contributed by atoms with Crippen molar-refractivity contribution in [1.82, 2.24) is 19.9 Å². The van der Waals surface area contributed by atoms with E-state index in [-0.39, 0.29) is 41.9 Å². The highest BCUT2D eigenvalue weighted by Crippen LogP contribution is 2.46. The molecule has 0 aliphatic heterocycles. The predicted octanol–water partition coefficient (Wildman–Crippen LogP) is 6.25. The van der Waals surface area contributed by atoms with E-state index >= 15 is 4.39 Å². The second-order valence-electron chi connectivity index (χ2n) is 11.4. The van der Waals surface area contributed by atoms with Gasteiger partial charge in [0.15, 0.2) is 12.6 Å². The fraction of sp³-hybridized carbons (Fsp3) is 0.286. The summed E-state index contributed by atoms with van der Waals surface area (Å²) in [5, 5.41) is 1.78. The van der Waals surface area contributed by atoms with Crippen molar-refractivity contribution in [3.63, 3.8) is 0 Å². The average molecular weight is 593 g/mol. The quantitative estimate of drug-likeness (QED) is 0.124. The standard InChI is InChI=1S/C35H33FN4O4/c1-5-24-12-9-13-25-16-26(44-22-41-4)17-27(29(24)25)31-30(36)32-28(18-37-31)33(42-19-23-10-7-6-8-11-23)39-34(38-32)43-21-35(14-15-35)20-40(2)3/h1,6-13,16-18H,14-15,19-22H2,2-4H3.